The number of amides is 1. The van der Waals surface area contributed by atoms with Crippen LogP contribution >= 0.6 is 0 Å². The van der Waals surface area contributed by atoms with Crippen LogP contribution in [0, 0.1) is 23.7 Å². The molecule has 0 aromatic heterocycles. The Bertz CT molecular complexity index is 516. The first-order chi connectivity index (χ1) is 8.90. The highest BCUT2D eigenvalue weighted by atomic mass is 32.3. The highest BCUT2D eigenvalue weighted by Crippen LogP contribution is 2.44. The molecule has 1 heterocycles. The van der Waals surface area contributed by atoms with Crippen LogP contribution in [0.3, 0.4) is 0 Å². The van der Waals surface area contributed by atoms with E-state index < -0.39 is 16.0 Å². The normalized spacial score (nSPS) is 37.5. The molecule has 0 aromatic carbocycles. The summed E-state index contributed by atoms with van der Waals surface area (Å²) in [5.74, 6) is 0.805. The van der Waals surface area contributed by atoms with E-state index >= 15 is 0 Å². The van der Waals surface area contributed by atoms with Gasteiger partial charge in [-0.15, -0.1) is 3.89 Å². The smallest absolute Gasteiger partial charge is 0.302 e. The van der Waals surface area contributed by atoms with E-state index in [-0.39, 0.29) is 18.2 Å². The van der Waals surface area contributed by atoms with Gasteiger partial charge in [-0.1, -0.05) is 12.2 Å². The summed E-state index contributed by atoms with van der Waals surface area (Å²) < 4.78 is 33.9. The van der Waals surface area contributed by atoms with E-state index in [0.717, 1.165) is 6.42 Å². The Balaban J connectivity index is 1.57. The van der Waals surface area contributed by atoms with Crippen LogP contribution in [0.5, 0.6) is 0 Å². The number of carbonyl (C=O) groups excluding carboxylic acids is 1. The van der Waals surface area contributed by atoms with Crippen molar-refractivity contribution >= 4 is 16.1 Å². The Labute approximate surface area is 112 Å². The fraction of sp³-hybridized carbons (Fsp3) is 0.769. The van der Waals surface area contributed by atoms with E-state index in [1.54, 1.807) is 4.90 Å². The first-order valence-corrected chi connectivity index (χ1v) is 8.34. The van der Waals surface area contributed by atoms with Crippen LogP contribution in [0.1, 0.15) is 19.3 Å². The molecule has 0 spiro atoms. The van der Waals surface area contributed by atoms with Crippen LogP contribution in [-0.4, -0.2) is 38.1 Å². The average Bonchev–Trinajstić information content (AvgIpc) is 2.93. The lowest BCUT2D eigenvalue weighted by Gasteiger charge is -2.25. The molecule has 1 saturated carbocycles. The van der Waals surface area contributed by atoms with Crippen molar-refractivity contribution in [3.8, 4) is 0 Å². The van der Waals surface area contributed by atoms with Gasteiger partial charge in [0.15, 0.2) is 0 Å². The lowest BCUT2D eigenvalue weighted by atomic mass is 9.93. The van der Waals surface area contributed by atoms with E-state index in [1.165, 1.54) is 6.42 Å². The number of rotatable bonds is 4. The number of carbonyl (C=O) groups is 1. The maximum Gasteiger partial charge on any atom is 0.302 e. The third kappa shape index (κ3) is 2.83. The zero-order chi connectivity index (χ0) is 13.6. The molecule has 3 aliphatic rings. The lowest BCUT2D eigenvalue weighted by Crippen LogP contribution is -2.32. The maximum atomic E-state index is 12.7. The molecule has 1 aliphatic heterocycles. The predicted molar refractivity (Wildman–Crippen MR) is 68.4 cm³/mol. The second-order valence-corrected chi connectivity index (χ2v) is 7.53. The van der Waals surface area contributed by atoms with Gasteiger partial charge in [-0.3, -0.25) is 4.79 Å². The molecule has 1 amide bonds. The summed E-state index contributed by atoms with van der Waals surface area (Å²) in [5.41, 5.74) is 0. The fourth-order valence-electron chi connectivity index (χ4n) is 3.81. The number of fused-ring (bicyclic) bond motifs is 2. The van der Waals surface area contributed by atoms with Crippen molar-refractivity contribution in [3.05, 3.63) is 12.2 Å². The van der Waals surface area contributed by atoms with E-state index in [4.69, 9.17) is 0 Å². The zero-order valence-electron chi connectivity index (χ0n) is 10.7. The summed E-state index contributed by atoms with van der Waals surface area (Å²) in [7, 11) is -4.48. The highest BCUT2D eigenvalue weighted by molar-refractivity contribution is 7.86. The molecule has 2 fully saturated rings. The van der Waals surface area contributed by atoms with Crippen molar-refractivity contribution in [2.45, 2.75) is 19.3 Å². The molecule has 2 bridgehead atoms. The Morgan fingerprint density at radius 1 is 1.32 bits per heavy atom. The summed E-state index contributed by atoms with van der Waals surface area (Å²) in [5, 5.41) is 0. The van der Waals surface area contributed by atoms with Gasteiger partial charge in [0, 0.05) is 25.4 Å². The fourth-order valence-corrected chi connectivity index (χ4v) is 4.60. The quantitative estimate of drug-likeness (QED) is 0.579. The molecule has 2 aliphatic carbocycles. The van der Waals surface area contributed by atoms with Gasteiger partial charge in [0.1, 0.15) is 0 Å². The molecule has 4 nitrogen and oxygen atoms in total. The van der Waals surface area contributed by atoms with Gasteiger partial charge in [-0.25, -0.2) is 0 Å². The zero-order valence-corrected chi connectivity index (χ0v) is 11.5. The average molecular weight is 287 g/mol. The van der Waals surface area contributed by atoms with Crippen molar-refractivity contribution in [2.24, 2.45) is 23.7 Å². The summed E-state index contributed by atoms with van der Waals surface area (Å²) >= 11 is 0. The monoisotopic (exact) mass is 287 g/mol. The number of nitrogens with zero attached hydrogens (tertiary/aromatic N) is 1. The van der Waals surface area contributed by atoms with Crippen LogP contribution in [0.4, 0.5) is 3.89 Å². The summed E-state index contributed by atoms with van der Waals surface area (Å²) in [6.45, 7) is 1.09. The second-order valence-electron chi connectivity index (χ2n) is 6.11. The summed E-state index contributed by atoms with van der Waals surface area (Å²) in [6, 6.07) is 0. The molecule has 4 atom stereocenters. The Morgan fingerprint density at radius 3 is 2.68 bits per heavy atom. The number of halogens is 1. The maximum absolute atomic E-state index is 12.7. The Kier molecular flexibility index (Phi) is 3.15. The molecule has 6 heteroatoms. The molecular formula is C13H18FNO3S. The van der Waals surface area contributed by atoms with Crippen LogP contribution in [0.2, 0.25) is 0 Å². The third-order valence-electron chi connectivity index (χ3n) is 4.60. The minimum atomic E-state index is -4.48. The molecular weight excluding hydrogens is 269 g/mol. The van der Waals surface area contributed by atoms with Crippen molar-refractivity contribution in [3.63, 3.8) is 0 Å². The largest absolute Gasteiger partial charge is 0.342 e. The van der Waals surface area contributed by atoms with E-state index in [2.05, 4.69) is 12.2 Å². The van der Waals surface area contributed by atoms with Crippen molar-refractivity contribution in [1.82, 2.24) is 4.90 Å². The molecule has 106 valence electrons. The minimum absolute atomic E-state index is 0.0274. The van der Waals surface area contributed by atoms with Crippen LogP contribution in [-0.2, 0) is 15.0 Å². The van der Waals surface area contributed by atoms with Gasteiger partial charge >= 0.3 is 10.2 Å². The van der Waals surface area contributed by atoms with Gasteiger partial charge < -0.3 is 4.90 Å². The molecule has 3 rings (SSSR count). The van der Waals surface area contributed by atoms with Crippen molar-refractivity contribution in [2.75, 3.05) is 18.8 Å². The molecule has 0 radical (unpaired) electrons. The SMILES string of the molecule is O=C1CC(CS(=O)(=O)F)CN1CC1CC2C=CC1C2. The van der Waals surface area contributed by atoms with E-state index in [1.807, 2.05) is 0 Å². The van der Waals surface area contributed by atoms with Crippen molar-refractivity contribution in [1.29, 1.82) is 0 Å². The number of allylic oxidation sites excluding steroid dienone is 2. The third-order valence-corrected chi connectivity index (χ3v) is 5.47. The molecule has 1 saturated heterocycles. The number of hydrogen-bond donors (Lipinski definition) is 0. The van der Waals surface area contributed by atoms with Crippen LogP contribution < -0.4 is 0 Å². The van der Waals surface area contributed by atoms with Gasteiger partial charge in [0.2, 0.25) is 5.91 Å². The topological polar surface area (TPSA) is 54.5 Å². The van der Waals surface area contributed by atoms with Crippen LogP contribution in [0.25, 0.3) is 0 Å². The molecule has 19 heavy (non-hydrogen) atoms. The van der Waals surface area contributed by atoms with Gasteiger partial charge in [0.05, 0.1) is 5.75 Å². The molecule has 4 unspecified atom stereocenters. The number of hydrogen-bond acceptors (Lipinski definition) is 3. The second kappa shape index (κ2) is 4.58. The van der Waals surface area contributed by atoms with Gasteiger partial charge in [-0.2, -0.15) is 8.42 Å². The van der Waals surface area contributed by atoms with Gasteiger partial charge in [-0.05, 0) is 30.6 Å². The summed E-state index contributed by atoms with van der Waals surface area (Å²) in [4.78, 5) is 13.6. The standard InChI is InChI=1S/C13H18FNO3S/c14-19(17,18)8-10-5-13(16)15(6-10)7-12-4-9-1-2-11(12)3-9/h1-2,9-12H,3-8H2. The molecule has 0 aromatic rings. The number of likely N-dealkylation sites (tertiary alicyclic amines) is 1. The lowest BCUT2D eigenvalue weighted by molar-refractivity contribution is -0.128. The van der Waals surface area contributed by atoms with Gasteiger partial charge in [0.25, 0.3) is 0 Å². The Hall–Kier alpha value is -0.910. The highest BCUT2D eigenvalue weighted by Gasteiger charge is 2.39. The van der Waals surface area contributed by atoms with E-state index in [9.17, 15) is 17.1 Å². The van der Waals surface area contributed by atoms with Crippen LogP contribution in [0.15, 0.2) is 12.2 Å². The first kappa shape index (κ1) is 13.1. The predicted octanol–water partition coefficient (Wildman–Crippen LogP) is 1.35. The van der Waals surface area contributed by atoms with Crippen molar-refractivity contribution < 1.29 is 17.1 Å². The molecule has 0 N–H and O–H groups in total. The van der Waals surface area contributed by atoms with E-state index in [0.29, 0.717) is 30.8 Å². The summed E-state index contributed by atoms with van der Waals surface area (Å²) in [6.07, 6.45) is 6.97. The minimum Gasteiger partial charge on any atom is -0.342 e. The first-order valence-electron chi connectivity index (χ1n) is 6.79. The Morgan fingerprint density at radius 2 is 2.11 bits per heavy atom.